The number of ether oxygens (including phenoxy) is 1. The Hall–Kier alpha value is -4.28. The van der Waals surface area contributed by atoms with Crippen LogP contribution in [0.5, 0.6) is 5.75 Å². The maximum atomic E-state index is 12.7. The SMILES string of the molecule is Cc1nn2c(c1C)-c1c(Cl)ccc3c1c(C)c(C(=O)O)n3CCCOc1cc(cc3ccccc13)SCc1cn(nn1)CCC2. The predicted octanol–water partition coefficient (Wildman–Crippen LogP) is 7.69. The Morgan fingerprint density at radius 2 is 1.87 bits per heavy atom. The molecular weight excluding hydrogens is 608 g/mol. The van der Waals surface area contributed by atoms with Crippen LogP contribution in [0.1, 0.15) is 45.8 Å². The molecule has 0 aliphatic carbocycles. The molecule has 0 spiro atoms. The predicted molar refractivity (Wildman–Crippen MR) is 178 cm³/mol. The van der Waals surface area contributed by atoms with Gasteiger partial charge in [0.15, 0.2) is 0 Å². The van der Waals surface area contributed by atoms with Crippen LogP contribution in [0.2, 0.25) is 5.02 Å². The maximum absolute atomic E-state index is 12.7. The minimum absolute atomic E-state index is 0.266. The highest BCUT2D eigenvalue weighted by molar-refractivity contribution is 7.98. The first-order valence-corrected chi connectivity index (χ1v) is 16.4. The number of benzene rings is 3. The van der Waals surface area contributed by atoms with Gasteiger partial charge in [0.2, 0.25) is 0 Å². The molecule has 0 radical (unpaired) electrons. The smallest absolute Gasteiger partial charge is 0.352 e. The molecule has 7 rings (SSSR count). The number of nitrogens with zero attached hydrogens (tertiary/aromatic N) is 6. The van der Waals surface area contributed by atoms with E-state index in [0.29, 0.717) is 49.0 Å². The topological polar surface area (TPSA) is 100.0 Å². The molecule has 3 aromatic heterocycles. The Morgan fingerprint density at radius 1 is 1.02 bits per heavy atom. The van der Waals surface area contributed by atoms with Crippen LogP contribution < -0.4 is 4.74 Å². The van der Waals surface area contributed by atoms with E-state index in [2.05, 4.69) is 34.6 Å². The number of rotatable bonds is 1. The lowest BCUT2D eigenvalue weighted by atomic mass is 9.99. The number of carboxylic acid groups (broad SMARTS) is 1. The minimum atomic E-state index is -0.967. The van der Waals surface area contributed by atoms with Crippen molar-refractivity contribution >= 4 is 51.0 Å². The fourth-order valence-corrected chi connectivity index (χ4v) is 7.51. The summed E-state index contributed by atoms with van der Waals surface area (Å²) >= 11 is 8.66. The van der Waals surface area contributed by atoms with Crippen molar-refractivity contribution in [1.29, 1.82) is 0 Å². The van der Waals surface area contributed by atoms with E-state index in [1.165, 1.54) is 0 Å². The van der Waals surface area contributed by atoms with Gasteiger partial charge in [0.05, 0.1) is 28.7 Å². The molecule has 11 heteroatoms. The zero-order valence-corrected chi connectivity index (χ0v) is 27.0. The van der Waals surface area contributed by atoms with Crippen LogP contribution in [0.25, 0.3) is 32.9 Å². The molecule has 230 valence electrons. The normalized spacial score (nSPS) is 14.3. The average molecular weight is 641 g/mol. The lowest BCUT2D eigenvalue weighted by Crippen LogP contribution is -2.12. The zero-order chi connectivity index (χ0) is 31.2. The van der Waals surface area contributed by atoms with Gasteiger partial charge in [-0.1, -0.05) is 41.1 Å². The second-order valence-corrected chi connectivity index (χ2v) is 12.9. The lowest BCUT2D eigenvalue weighted by molar-refractivity contribution is 0.0684. The monoisotopic (exact) mass is 640 g/mol. The number of aromatic nitrogens is 6. The van der Waals surface area contributed by atoms with Gasteiger partial charge in [0.25, 0.3) is 0 Å². The van der Waals surface area contributed by atoms with Gasteiger partial charge in [-0.05, 0) is 74.4 Å². The van der Waals surface area contributed by atoms with E-state index in [4.69, 9.17) is 21.4 Å². The Bertz CT molecular complexity index is 2100. The van der Waals surface area contributed by atoms with E-state index in [1.807, 2.05) is 65.2 Å². The molecule has 0 fully saturated rings. The van der Waals surface area contributed by atoms with Gasteiger partial charge in [0.1, 0.15) is 11.4 Å². The number of thioether (sulfide) groups is 1. The van der Waals surface area contributed by atoms with Crippen LogP contribution in [0.4, 0.5) is 0 Å². The molecule has 1 aliphatic heterocycles. The zero-order valence-electron chi connectivity index (χ0n) is 25.4. The fourth-order valence-electron chi connectivity index (χ4n) is 6.41. The van der Waals surface area contributed by atoms with Crippen molar-refractivity contribution in [2.75, 3.05) is 6.61 Å². The van der Waals surface area contributed by atoms with E-state index in [1.54, 1.807) is 11.8 Å². The van der Waals surface area contributed by atoms with Crippen LogP contribution in [-0.4, -0.2) is 47.0 Å². The van der Waals surface area contributed by atoms with Crippen molar-refractivity contribution in [3.63, 3.8) is 0 Å². The number of hydrogen-bond donors (Lipinski definition) is 1. The molecule has 0 saturated heterocycles. The van der Waals surface area contributed by atoms with Crippen molar-refractivity contribution in [1.82, 2.24) is 29.3 Å². The fraction of sp³-hybridized carbons (Fsp3) is 0.294. The Balaban J connectivity index is 1.35. The summed E-state index contributed by atoms with van der Waals surface area (Å²) in [6, 6.07) is 16.2. The highest BCUT2D eigenvalue weighted by atomic mass is 35.5. The maximum Gasteiger partial charge on any atom is 0.352 e. The lowest BCUT2D eigenvalue weighted by Gasteiger charge is -2.14. The Morgan fingerprint density at radius 3 is 2.71 bits per heavy atom. The van der Waals surface area contributed by atoms with Crippen LogP contribution >= 0.6 is 23.4 Å². The van der Waals surface area contributed by atoms with Gasteiger partial charge in [0, 0.05) is 58.3 Å². The first kappa shape index (κ1) is 29.4. The molecule has 8 bridgehead atoms. The third kappa shape index (κ3) is 5.36. The van der Waals surface area contributed by atoms with Crippen LogP contribution in [0, 0.1) is 20.8 Å². The van der Waals surface area contributed by atoms with Crippen molar-refractivity contribution in [3.05, 3.63) is 88.0 Å². The molecule has 45 heavy (non-hydrogen) atoms. The van der Waals surface area contributed by atoms with E-state index in [-0.39, 0.29) is 5.69 Å². The standard InChI is InChI=1S/C34H33ClN6O3S/c1-20-22(3)37-41-14-6-12-39-18-24(36-38-39)19-45-25-16-23-8-4-5-9-26(23)29(17-25)44-15-7-13-40-28-11-10-27(35)31(32(20)41)30(28)21(2)33(40)34(42)43/h4-5,8-11,16-18H,6-7,12-15,19H2,1-3H3,(H,42,43). The van der Waals surface area contributed by atoms with Gasteiger partial charge in [-0.15, -0.1) is 16.9 Å². The van der Waals surface area contributed by atoms with Crippen molar-refractivity contribution in [3.8, 4) is 17.0 Å². The molecule has 9 nitrogen and oxygen atoms in total. The van der Waals surface area contributed by atoms with Crippen molar-refractivity contribution in [2.24, 2.45) is 0 Å². The van der Waals surface area contributed by atoms with E-state index in [9.17, 15) is 9.90 Å². The van der Waals surface area contributed by atoms with E-state index >= 15 is 0 Å². The molecule has 4 heterocycles. The highest BCUT2D eigenvalue weighted by Gasteiger charge is 2.26. The number of aromatic carboxylic acids is 1. The molecule has 6 aromatic rings. The Labute approximate surface area is 269 Å². The molecule has 0 atom stereocenters. The van der Waals surface area contributed by atoms with E-state index in [0.717, 1.165) is 66.9 Å². The largest absolute Gasteiger partial charge is 0.493 e. The molecule has 0 amide bonds. The average Bonchev–Trinajstić information content (AvgIpc) is 3.68. The highest BCUT2D eigenvalue weighted by Crippen LogP contribution is 2.42. The third-order valence-electron chi connectivity index (χ3n) is 8.60. The van der Waals surface area contributed by atoms with Crippen LogP contribution in [0.3, 0.4) is 0 Å². The summed E-state index contributed by atoms with van der Waals surface area (Å²) in [5.74, 6) is 0.533. The molecule has 0 saturated carbocycles. The molecule has 3 aromatic carbocycles. The molecule has 1 N–H and O–H groups in total. The van der Waals surface area contributed by atoms with Gasteiger partial charge < -0.3 is 14.4 Å². The summed E-state index contributed by atoms with van der Waals surface area (Å²) in [6.45, 7) is 8.14. The summed E-state index contributed by atoms with van der Waals surface area (Å²) < 4.78 is 12.2. The second-order valence-electron chi connectivity index (χ2n) is 11.5. The summed E-state index contributed by atoms with van der Waals surface area (Å²) in [6.07, 6.45) is 3.40. The number of hydrogen-bond acceptors (Lipinski definition) is 6. The second kappa shape index (κ2) is 11.9. The number of carbonyl (C=O) groups is 1. The first-order chi connectivity index (χ1) is 21.8. The van der Waals surface area contributed by atoms with Gasteiger partial charge in [-0.25, -0.2) is 4.79 Å². The number of fused-ring (bicyclic) bond motifs is 8. The van der Waals surface area contributed by atoms with Gasteiger partial charge >= 0.3 is 5.97 Å². The molecular formula is C34H33ClN6O3S. The Kier molecular flexibility index (Phi) is 7.79. The van der Waals surface area contributed by atoms with Crippen LogP contribution in [0.15, 0.2) is 59.6 Å². The first-order valence-electron chi connectivity index (χ1n) is 15.1. The van der Waals surface area contributed by atoms with Gasteiger partial charge in [-0.2, -0.15) is 5.10 Å². The van der Waals surface area contributed by atoms with E-state index < -0.39 is 5.97 Å². The summed E-state index contributed by atoms with van der Waals surface area (Å²) in [7, 11) is 0. The minimum Gasteiger partial charge on any atom is -0.493 e. The summed E-state index contributed by atoms with van der Waals surface area (Å²) in [5, 5.41) is 27.6. The summed E-state index contributed by atoms with van der Waals surface area (Å²) in [5.41, 5.74) is 6.37. The van der Waals surface area contributed by atoms with Crippen LogP contribution in [-0.2, 0) is 25.4 Å². The quantitative estimate of drug-likeness (QED) is 0.197. The number of aryl methyl sites for hydroxylation is 5. The third-order valence-corrected chi connectivity index (χ3v) is 9.92. The number of halogens is 1. The van der Waals surface area contributed by atoms with Crippen molar-refractivity contribution < 1.29 is 14.6 Å². The number of carboxylic acids is 1. The van der Waals surface area contributed by atoms with Crippen molar-refractivity contribution in [2.45, 2.75) is 63.9 Å². The van der Waals surface area contributed by atoms with Gasteiger partial charge in [-0.3, -0.25) is 9.36 Å². The molecule has 0 unspecified atom stereocenters. The molecule has 1 aliphatic rings. The summed E-state index contributed by atoms with van der Waals surface area (Å²) in [4.78, 5) is 13.8.